The highest BCUT2D eigenvalue weighted by Crippen LogP contribution is 2.40. The second-order valence-electron chi connectivity index (χ2n) is 9.48. The Morgan fingerprint density at radius 2 is 1.76 bits per heavy atom. The molecule has 174 valence electrons. The Bertz CT molecular complexity index is 1300. The maximum Gasteiger partial charge on any atom is 0.261 e. The summed E-state index contributed by atoms with van der Waals surface area (Å²) in [6.07, 6.45) is 8.08. The average Bonchev–Trinajstić information content (AvgIpc) is 3.37. The van der Waals surface area contributed by atoms with Crippen LogP contribution in [0.2, 0.25) is 0 Å². The molecule has 0 saturated heterocycles. The van der Waals surface area contributed by atoms with Gasteiger partial charge in [-0.2, -0.15) is 5.10 Å². The van der Waals surface area contributed by atoms with Crippen molar-refractivity contribution in [3.8, 4) is 5.69 Å². The Labute approximate surface area is 202 Å². The number of fused-ring (bicyclic) bond motifs is 1. The van der Waals surface area contributed by atoms with Crippen LogP contribution in [0.1, 0.15) is 65.5 Å². The van der Waals surface area contributed by atoms with Crippen molar-refractivity contribution in [1.82, 2.24) is 25.1 Å². The largest absolute Gasteiger partial charge is 0.367 e. The average molecular weight is 473 g/mol. The second kappa shape index (κ2) is 8.83. The van der Waals surface area contributed by atoms with Crippen LogP contribution in [0, 0.1) is 6.92 Å². The summed E-state index contributed by atoms with van der Waals surface area (Å²) in [6, 6.07) is 12.7. The van der Waals surface area contributed by atoms with Gasteiger partial charge in [0, 0.05) is 18.0 Å². The molecule has 0 unspecified atom stereocenters. The highest BCUT2D eigenvalue weighted by Gasteiger charge is 2.30. The van der Waals surface area contributed by atoms with Crippen LogP contribution in [-0.2, 0) is 0 Å². The number of carbonyl (C=O) groups excluding carboxylic acids is 1. The molecule has 3 heterocycles. The third-order valence-corrected chi connectivity index (χ3v) is 7.68. The lowest BCUT2D eigenvalue weighted by Gasteiger charge is -2.30. The number of anilines is 1. The predicted octanol–water partition coefficient (Wildman–Crippen LogP) is 5.22. The molecule has 0 spiro atoms. The highest BCUT2D eigenvalue weighted by atomic mass is 32.1. The molecule has 0 bridgehead atoms. The van der Waals surface area contributed by atoms with E-state index in [9.17, 15) is 4.79 Å². The Morgan fingerprint density at radius 3 is 2.47 bits per heavy atom. The summed E-state index contributed by atoms with van der Waals surface area (Å²) >= 11 is 1.49. The number of carbonyl (C=O) groups is 1. The van der Waals surface area contributed by atoms with Gasteiger partial charge in [-0.15, -0.1) is 11.3 Å². The van der Waals surface area contributed by atoms with Gasteiger partial charge in [0.2, 0.25) is 0 Å². The Hall–Kier alpha value is -3.26. The van der Waals surface area contributed by atoms with Gasteiger partial charge in [0.05, 0.1) is 22.1 Å². The monoisotopic (exact) mass is 472 g/mol. The van der Waals surface area contributed by atoms with E-state index in [0.29, 0.717) is 12.0 Å². The number of benzene rings is 1. The zero-order valence-corrected chi connectivity index (χ0v) is 20.0. The fourth-order valence-corrected chi connectivity index (χ4v) is 5.30. The fourth-order valence-electron chi connectivity index (χ4n) is 4.67. The number of amides is 1. The predicted molar refractivity (Wildman–Crippen MR) is 135 cm³/mol. The lowest BCUT2D eigenvalue weighted by molar-refractivity contribution is 0.0930. The first kappa shape index (κ1) is 21.3. The molecule has 2 N–H and O–H groups in total. The molecule has 2 aliphatic carbocycles. The van der Waals surface area contributed by atoms with E-state index in [0.717, 1.165) is 71.8 Å². The zero-order valence-electron chi connectivity index (χ0n) is 19.2. The van der Waals surface area contributed by atoms with Gasteiger partial charge < -0.3 is 10.6 Å². The number of thiophene rings is 1. The molecule has 2 saturated carbocycles. The summed E-state index contributed by atoms with van der Waals surface area (Å²) in [5.41, 5.74) is 3.09. The van der Waals surface area contributed by atoms with Crippen LogP contribution in [-0.4, -0.2) is 37.7 Å². The summed E-state index contributed by atoms with van der Waals surface area (Å²) in [4.78, 5) is 23.0. The number of aryl methyl sites for hydroxylation is 1. The van der Waals surface area contributed by atoms with E-state index in [1.807, 2.05) is 28.4 Å². The molecule has 2 aliphatic rings. The molecule has 0 aliphatic heterocycles. The molecule has 8 heteroatoms. The minimum atomic E-state index is 0.0431. The molecule has 3 aromatic heterocycles. The number of aromatic nitrogens is 4. The molecule has 0 atom stereocenters. The van der Waals surface area contributed by atoms with Gasteiger partial charge in [-0.25, -0.2) is 14.6 Å². The maximum absolute atomic E-state index is 12.4. The van der Waals surface area contributed by atoms with Crippen LogP contribution in [0.4, 0.5) is 5.82 Å². The first-order chi connectivity index (χ1) is 16.6. The van der Waals surface area contributed by atoms with Crippen molar-refractivity contribution in [3.05, 3.63) is 64.2 Å². The third kappa shape index (κ3) is 4.30. The molecule has 2 fully saturated rings. The summed E-state index contributed by atoms with van der Waals surface area (Å²) in [7, 11) is 0. The first-order valence-electron chi connectivity index (χ1n) is 12.1. The van der Waals surface area contributed by atoms with Crippen molar-refractivity contribution in [3.63, 3.8) is 0 Å². The first-order valence-corrected chi connectivity index (χ1v) is 13.0. The number of rotatable bonds is 6. The van der Waals surface area contributed by atoms with Crippen LogP contribution < -0.4 is 10.6 Å². The fraction of sp³-hybridized carbons (Fsp3) is 0.385. The van der Waals surface area contributed by atoms with Gasteiger partial charge in [-0.1, -0.05) is 23.8 Å². The van der Waals surface area contributed by atoms with Crippen LogP contribution in [0.25, 0.3) is 16.7 Å². The van der Waals surface area contributed by atoms with Crippen molar-refractivity contribution in [2.75, 3.05) is 5.32 Å². The highest BCUT2D eigenvalue weighted by molar-refractivity contribution is 7.12. The van der Waals surface area contributed by atoms with Crippen molar-refractivity contribution in [1.29, 1.82) is 0 Å². The molecule has 1 aromatic carbocycles. The normalized spacial score (nSPS) is 20.4. The Kier molecular flexibility index (Phi) is 5.53. The quantitative estimate of drug-likeness (QED) is 0.402. The lowest BCUT2D eigenvalue weighted by atomic mass is 9.91. The van der Waals surface area contributed by atoms with E-state index < -0.39 is 0 Å². The maximum atomic E-state index is 12.4. The van der Waals surface area contributed by atoms with E-state index in [4.69, 9.17) is 9.97 Å². The van der Waals surface area contributed by atoms with Gasteiger partial charge in [-0.05, 0) is 69.0 Å². The minimum Gasteiger partial charge on any atom is -0.367 e. The Morgan fingerprint density at radius 1 is 1.00 bits per heavy atom. The van der Waals surface area contributed by atoms with E-state index in [1.165, 1.54) is 16.9 Å². The van der Waals surface area contributed by atoms with E-state index in [-0.39, 0.29) is 11.9 Å². The standard InChI is InChI=1S/C26H28N6OS/c1-16-4-12-20(13-5-16)32-25-21(15-27-32)24(30-23(31-25)17-6-7-17)28-18-8-10-19(11-9-18)29-26(33)22-3-2-14-34-22/h2-5,12-15,17-19H,6-11H2,1H3,(H,29,33)(H,28,30,31). The smallest absolute Gasteiger partial charge is 0.261 e. The van der Waals surface area contributed by atoms with Gasteiger partial charge in [0.25, 0.3) is 5.91 Å². The van der Waals surface area contributed by atoms with Crippen LogP contribution in [0.5, 0.6) is 0 Å². The molecule has 34 heavy (non-hydrogen) atoms. The van der Waals surface area contributed by atoms with E-state index >= 15 is 0 Å². The number of nitrogens with zero attached hydrogens (tertiary/aromatic N) is 4. The topological polar surface area (TPSA) is 84.7 Å². The van der Waals surface area contributed by atoms with Crippen LogP contribution >= 0.6 is 11.3 Å². The summed E-state index contributed by atoms with van der Waals surface area (Å²) < 4.78 is 1.92. The van der Waals surface area contributed by atoms with Crippen molar-refractivity contribution in [2.45, 2.75) is 63.5 Å². The summed E-state index contributed by atoms with van der Waals surface area (Å²) in [5, 5.41) is 14.5. The second-order valence-corrected chi connectivity index (χ2v) is 10.4. The van der Waals surface area contributed by atoms with Crippen LogP contribution in [0.3, 0.4) is 0 Å². The number of hydrogen-bond donors (Lipinski definition) is 2. The third-order valence-electron chi connectivity index (χ3n) is 6.82. The van der Waals surface area contributed by atoms with Crippen molar-refractivity contribution < 1.29 is 4.79 Å². The zero-order chi connectivity index (χ0) is 23.1. The summed E-state index contributed by atoms with van der Waals surface area (Å²) in [6.45, 7) is 2.09. The summed E-state index contributed by atoms with van der Waals surface area (Å²) in [5.74, 6) is 2.30. The van der Waals surface area contributed by atoms with Crippen molar-refractivity contribution >= 4 is 34.1 Å². The molecular formula is C26H28N6OS. The molecule has 6 rings (SSSR count). The van der Waals surface area contributed by atoms with Crippen molar-refractivity contribution in [2.24, 2.45) is 0 Å². The molecule has 1 amide bonds. The van der Waals surface area contributed by atoms with Gasteiger partial charge in [0.1, 0.15) is 11.6 Å². The van der Waals surface area contributed by atoms with Gasteiger partial charge in [0.15, 0.2) is 5.65 Å². The Balaban J connectivity index is 1.20. The lowest BCUT2D eigenvalue weighted by Crippen LogP contribution is -2.40. The van der Waals surface area contributed by atoms with E-state index in [1.54, 1.807) is 0 Å². The number of nitrogens with one attached hydrogen (secondary N) is 2. The molecule has 7 nitrogen and oxygen atoms in total. The van der Waals surface area contributed by atoms with Crippen LogP contribution in [0.15, 0.2) is 48.0 Å². The molecule has 0 radical (unpaired) electrons. The van der Waals surface area contributed by atoms with Gasteiger partial charge >= 0.3 is 0 Å². The molecule has 4 aromatic rings. The number of hydrogen-bond acceptors (Lipinski definition) is 6. The van der Waals surface area contributed by atoms with E-state index in [2.05, 4.69) is 46.9 Å². The van der Waals surface area contributed by atoms with Gasteiger partial charge in [-0.3, -0.25) is 4.79 Å². The minimum absolute atomic E-state index is 0.0431. The SMILES string of the molecule is Cc1ccc(-n2ncc3c(NC4CCC(NC(=O)c5cccs5)CC4)nc(C4CC4)nc32)cc1. The molecular weight excluding hydrogens is 444 g/mol.